The molecule has 0 saturated heterocycles. The van der Waals surface area contributed by atoms with E-state index >= 15 is 0 Å². The normalized spacial score (nSPS) is 10.6. The summed E-state index contributed by atoms with van der Waals surface area (Å²) in [6.45, 7) is 4.03. The number of anilines is 1. The predicted molar refractivity (Wildman–Crippen MR) is 83.5 cm³/mol. The number of aryl methyl sites for hydroxylation is 1. The van der Waals surface area contributed by atoms with Crippen LogP contribution in [0.3, 0.4) is 0 Å². The molecule has 0 unspecified atom stereocenters. The molecule has 1 rings (SSSR count). The Morgan fingerprint density at radius 2 is 2.11 bits per heavy atom. The Morgan fingerprint density at radius 3 is 2.74 bits per heavy atom. The number of benzene rings is 1. The minimum absolute atomic E-state index is 0.0288. The Balaban J connectivity index is 2.26. The molecule has 4 nitrogen and oxygen atoms in total. The first-order valence-corrected chi connectivity index (χ1v) is 7.20. The van der Waals surface area contributed by atoms with Crippen molar-refractivity contribution >= 4 is 27.5 Å². The van der Waals surface area contributed by atoms with E-state index in [2.05, 4.69) is 31.5 Å². The zero-order valence-corrected chi connectivity index (χ0v) is 13.4. The molecule has 0 radical (unpaired) electrons. The Hall–Kier alpha value is -1.07. The van der Waals surface area contributed by atoms with Crippen LogP contribution in [0.15, 0.2) is 22.7 Å². The van der Waals surface area contributed by atoms with E-state index in [4.69, 9.17) is 0 Å². The average Bonchev–Trinajstić information content (AvgIpc) is 2.33. The summed E-state index contributed by atoms with van der Waals surface area (Å²) in [6.07, 6.45) is 0.968. The fraction of sp³-hybridized carbons (Fsp3) is 0.500. The van der Waals surface area contributed by atoms with E-state index in [9.17, 15) is 4.79 Å². The van der Waals surface area contributed by atoms with Crippen molar-refractivity contribution in [3.05, 3.63) is 28.2 Å². The van der Waals surface area contributed by atoms with Crippen molar-refractivity contribution in [1.82, 2.24) is 10.2 Å². The van der Waals surface area contributed by atoms with Crippen LogP contribution >= 0.6 is 15.9 Å². The molecule has 1 aromatic carbocycles. The van der Waals surface area contributed by atoms with Crippen LogP contribution in [-0.2, 0) is 4.79 Å². The van der Waals surface area contributed by atoms with Gasteiger partial charge in [0, 0.05) is 16.7 Å². The maximum atomic E-state index is 11.6. The predicted octanol–water partition coefficient (Wildman–Crippen LogP) is 2.24. The van der Waals surface area contributed by atoms with Gasteiger partial charge in [0.2, 0.25) is 5.91 Å². The largest absolute Gasteiger partial charge is 0.376 e. The molecule has 2 N–H and O–H groups in total. The molecule has 0 heterocycles. The van der Waals surface area contributed by atoms with Gasteiger partial charge in [0.05, 0.1) is 6.54 Å². The lowest BCUT2D eigenvalue weighted by Gasteiger charge is -2.11. The van der Waals surface area contributed by atoms with Crippen LogP contribution < -0.4 is 10.6 Å². The number of hydrogen-bond donors (Lipinski definition) is 2. The molecule has 0 aliphatic rings. The van der Waals surface area contributed by atoms with Gasteiger partial charge in [0.25, 0.3) is 0 Å². The first-order valence-electron chi connectivity index (χ1n) is 6.40. The molecule has 19 heavy (non-hydrogen) atoms. The van der Waals surface area contributed by atoms with Crippen molar-refractivity contribution < 1.29 is 4.79 Å². The lowest BCUT2D eigenvalue weighted by atomic mass is 10.2. The average molecular weight is 328 g/mol. The molecule has 0 saturated carbocycles. The zero-order valence-electron chi connectivity index (χ0n) is 11.8. The summed E-state index contributed by atoms with van der Waals surface area (Å²) < 4.78 is 1.05. The first-order chi connectivity index (χ1) is 8.99. The second-order valence-corrected chi connectivity index (χ2v) is 5.74. The summed E-state index contributed by atoms with van der Waals surface area (Å²) >= 11 is 3.42. The van der Waals surface area contributed by atoms with Gasteiger partial charge in [0.1, 0.15) is 0 Å². The van der Waals surface area contributed by atoms with Crippen LogP contribution in [0.5, 0.6) is 0 Å². The number of amides is 1. The van der Waals surface area contributed by atoms with E-state index in [0.717, 1.165) is 35.2 Å². The summed E-state index contributed by atoms with van der Waals surface area (Å²) in [6, 6.07) is 5.96. The highest BCUT2D eigenvalue weighted by Crippen LogP contribution is 2.19. The maximum Gasteiger partial charge on any atom is 0.239 e. The molecule has 106 valence electrons. The van der Waals surface area contributed by atoms with Crippen LogP contribution in [0.2, 0.25) is 0 Å². The molecule has 0 bridgehead atoms. The topological polar surface area (TPSA) is 44.4 Å². The highest BCUT2D eigenvalue weighted by Gasteiger charge is 2.03. The van der Waals surface area contributed by atoms with Gasteiger partial charge >= 0.3 is 0 Å². The van der Waals surface area contributed by atoms with E-state index in [0.29, 0.717) is 6.54 Å². The number of carbonyl (C=O) groups excluding carboxylic acids is 1. The van der Waals surface area contributed by atoms with Crippen molar-refractivity contribution in [3.63, 3.8) is 0 Å². The van der Waals surface area contributed by atoms with Crippen LogP contribution in [0.4, 0.5) is 5.69 Å². The number of halogens is 1. The first kappa shape index (κ1) is 16.0. The third kappa shape index (κ3) is 6.59. The molecule has 1 aromatic rings. The van der Waals surface area contributed by atoms with Crippen molar-refractivity contribution in [2.24, 2.45) is 0 Å². The van der Waals surface area contributed by atoms with Gasteiger partial charge in [-0.1, -0.05) is 15.9 Å². The highest BCUT2D eigenvalue weighted by atomic mass is 79.9. The van der Waals surface area contributed by atoms with E-state index in [1.165, 1.54) is 0 Å². The Kier molecular flexibility index (Phi) is 6.87. The third-order valence-electron chi connectivity index (χ3n) is 2.73. The molecule has 5 heteroatoms. The van der Waals surface area contributed by atoms with Crippen LogP contribution in [0.25, 0.3) is 0 Å². The fourth-order valence-corrected chi connectivity index (χ4v) is 2.16. The second kappa shape index (κ2) is 8.17. The zero-order chi connectivity index (χ0) is 14.3. The third-order valence-corrected chi connectivity index (χ3v) is 3.23. The Morgan fingerprint density at radius 1 is 1.37 bits per heavy atom. The molecule has 0 spiro atoms. The molecule has 0 aromatic heterocycles. The number of rotatable bonds is 7. The number of carbonyl (C=O) groups is 1. The van der Waals surface area contributed by atoms with Crippen LogP contribution in [0.1, 0.15) is 12.0 Å². The quantitative estimate of drug-likeness (QED) is 0.755. The monoisotopic (exact) mass is 327 g/mol. The van der Waals surface area contributed by atoms with Gasteiger partial charge < -0.3 is 15.5 Å². The summed E-state index contributed by atoms with van der Waals surface area (Å²) in [5, 5.41) is 6.05. The molecular weight excluding hydrogens is 306 g/mol. The SMILES string of the molecule is Cc1cc(Br)ccc1NCC(=O)NCCCN(C)C. The van der Waals surface area contributed by atoms with E-state index in [1.807, 2.05) is 39.2 Å². The second-order valence-electron chi connectivity index (χ2n) is 4.82. The lowest BCUT2D eigenvalue weighted by Crippen LogP contribution is -2.32. The standard InChI is InChI=1S/C14H22BrN3O/c1-11-9-12(15)5-6-13(11)17-10-14(19)16-7-4-8-18(2)3/h5-6,9,17H,4,7-8,10H2,1-3H3,(H,16,19). The smallest absolute Gasteiger partial charge is 0.239 e. The molecule has 1 amide bonds. The minimum Gasteiger partial charge on any atom is -0.376 e. The van der Waals surface area contributed by atoms with Gasteiger partial charge in [-0.25, -0.2) is 0 Å². The number of hydrogen-bond acceptors (Lipinski definition) is 3. The summed E-state index contributed by atoms with van der Waals surface area (Å²) in [4.78, 5) is 13.7. The van der Waals surface area contributed by atoms with Crippen molar-refractivity contribution in [3.8, 4) is 0 Å². The summed E-state index contributed by atoms with van der Waals surface area (Å²) in [7, 11) is 4.05. The fourth-order valence-electron chi connectivity index (χ4n) is 1.69. The molecule has 0 aliphatic carbocycles. The van der Waals surface area contributed by atoms with Crippen LogP contribution in [-0.4, -0.2) is 44.5 Å². The van der Waals surface area contributed by atoms with Crippen molar-refractivity contribution in [2.45, 2.75) is 13.3 Å². The highest BCUT2D eigenvalue weighted by molar-refractivity contribution is 9.10. The molecule has 0 fully saturated rings. The summed E-state index contributed by atoms with van der Waals surface area (Å²) in [5.41, 5.74) is 2.11. The number of nitrogens with zero attached hydrogens (tertiary/aromatic N) is 1. The van der Waals surface area contributed by atoms with E-state index in [1.54, 1.807) is 0 Å². The van der Waals surface area contributed by atoms with Gasteiger partial charge in [0.15, 0.2) is 0 Å². The van der Waals surface area contributed by atoms with Crippen LogP contribution in [0, 0.1) is 6.92 Å². The molecule has 0 atom stereocenters. The van der Waals surface area contributed by atoms with E-state index in [-0.39, 0.29) is 5.91 Å². The summed E-state index contributed by atoms with van der Waals surface area (Å²) in [5.74, 6) is 0.0288. The lowest BCUT2D eigenvalue weighted by molar-refractivity contribution is -0.119. The van der Waals surface area contributed by atoms with Gasteiger partial charge in [-0.3, -0.25) is 4.79 Å². The molecular formula is C14H22BrN3O. The minimum atomic E-state index is 0.0288. The Bertz CT molecular complexity index is 421. The van der Waals surface area contributed by atoms with Crippen molar-refractivity contribution in [1.29, 1.82) is 0 Å². The van der Waals surface area contributed by atoms with Crippen molar-refractivity contribution in [2.75, 3.05) is 39.0 Å². The number of nitrogens with one attached hydrogen (secondary N) is 2. The van der Waals surface area contributed by atoms with Gasteiger partial charge in [-0.05, 0) is 57.7 Å². The van der Waals surface area contributed by atoms with Gasteiger partial charge in [-0.15, -0.1) is 0 Å². The van der Waals surface area contributed by atoms with Gasteiger partial charge in [-0.2, -0.15) is 0 Å². The van der Waals surface area contributed by atoms with E-state index < -0.39 is 0 Å². The molecule has 0 aliphatic heterocycles. The maximum absolute atomic E-state index is 11.6. The Labute approximate surface area is 123 Å².